The maximum atomic E-state index is 13.2. The zero-order valence-corrected chi connectivity index (χ0v) is 18.6. The van der Waals surface area contributed by atoms with Crippen LogP contribution in [0.25, 0.3) is 22.8 Å². The number of amides is 2. The topological polar surface area (TPSA) is 111 Å². The second-order valence-corrected chi connectivity index (χ2v) is 7.37. The number of esters is 1. The second kappa shape index (κ2) is 10.4. The number of ether oxygens (including phenoxy) is 1. The Morgan fingerprint density at radius 1 is 0.943 bits per heavy atom. The first-order valence-corrected chi connectivity index (χ1v) is 10.5. The van der Waals surface area contributed by atoms with E-state index < -0.39 is 17.8 Å². The van der Waals surface area contributed by atoms with Gasteiger partial charge in [0, 0.05) is 22.4 Å². The predicted molar refractivity (Wildman–Crippen MR) is 126 cm³/mol. The molecule has 0 aliphatic heterocycles. The van der Waals surface area contributed by atoms with Crippen molar-refractivity contribution >= 4 is 23.5 Å². The van der Waals surface area contributed by atoms with Crippen molar-refractivity contribution in [1.82, 2.24) is 10.3 Å². The van der Waals surface area contributed by atoms with E-state index in [2.05, 4.69) is 20.4 Å². The Kier molecular flexibility index (Phi) is 6.96. The van der Waals surface area contributed by atoms with E-state index in [4.69, 9.17) is 4.42 Å². The summed E-state index contributed by atoms with van der Waals surface area (Å²) in [6.45, 7) is -0.242. The van der Waals surface area contributed by atoms with Crippen LogP contribution in [0.1, 0.15) is 20.7 Å². The quantitative estimate of drug-likeness (QED) is 0.387. The molecule has 0 bridgehead atoms. The van der Waals surface area contributed by atoms with Crippen molar-refractivity contribution in [3.05, 3.63) is 95.9 Å². The van der Waals surface area contributed by atoms with Crippen molar-refractivity contribution < 1.29 is 27.9 Å². The number of halogens is 1. The van der Waals surface area contributed by atoms with E-state index in [-0.39, 0.29) is 18.3 Å². The Hall–Kier alpha value is -4.79. The summed E-state index contributed by atoms with van der Waals surface area (Å²) in [5, 5.41) is 5.22. The lowest BCUT2D eigenvalue weighted by atomic mass is 10.1. The average Bonchev–Trinajstić information content (AvgIpc) is 3.38. The van der Waals surface area contributed by atoms with Gasteiger partial charge in [-0.25, -0.2) is 9.37 Å². The van der Waals surface area contributed by atoms with Gasteiger partial charge in [-0.1, -0.05) is 12.1 Å². The molecule has 1 aromatic heterocycles. The molecule has 0 fully saturated rings. The molecule has 0 unspecified atom stereocenters. The van der Waals surface area contributed by atoms with Crippen LogP contribution in [-0.4, -0.2) is 36.4 Å². The summed E-state index contributed by atoms with van der Waals surface area (Å²) in [5.41, 5.74) is 2.26. The van der Waals surface area contributed by atoms with Gasteiger partial charge >= 0.3 is 5.97 Å². The summed E-state index contributed by atoms with van der Waals surface area (Å²) < 4.78 is 23.5. The monoisotopic (exact) mass is 473 g/mol. The molecule has 4 aromatic rings. The van der Waals surface area contributed by atoms with Gasteiger partial charge in [-0.3, -0.25) is 14.4 Å². The summed E-state index contributed by atoms with van der Waals surface area (Å²) in [4.78, 5) is 40.5. The number of oxazole rings is 1. The maximum Gasteiger partial charge on any atom is 0.325 e. The summed E-state index contributed by atoms with van der Waals surface area (Å²) in [7, 11) is 1.23. The van der Waals surface area contributed by atoms with Gasteiger partial charge in [0.05, 0.1) is 18.9 Å². The first kappa shape index (κ1) is 23.4. The van der Waals surface area contributed by atoms with Crippen molar-refractivity contribution in [2.24, 2.45) is 0 Å². The average molecular weight is 473 g/mol. The van der Waals surface area contributed by atoms with Crippen LogP contribution >= 0.6 is 0 Å². The number of rotatable bonds is 7. The summed E-state index contributed by atoms with van der Waals surface area (Å²) in [6, 6.07) is 18.8. The highest BCUT2D eigenvalue weighted by Gasteiger charge is 2.17. The molecule has 3 aromatic carbocycles. The minimum absolute atomic E-state index is 0.242. The van der Waals surface area contributed by atoms with Crippen molar-refractivity contribution in [2.75, 3.05) is 19.0 Å². The zero-order valence-electron chi connectivity index (χ0n) is 18.6. The van der Waals surface area contributed by atoms with Gasteiger partial charge < -0.3 is 19.8 Å². The molecule has 176 valence electrons. The summed E-state index contributed by atoms with van der Waals surface area (Å²) >= 11 is 0. The highest BCUT2D eigenvalue weighted by atomic mass is 19.1. The fourth-order valence-corrected chi connectivity index (χ4v) is 3.24. The smallest absolute Gasteiger partial charge is 0.325 e. The molecule has 35 heavy (non-hydrogen) atoms. The van der Waals surface area contributed by atoms with Gasteiger partial charge in [0.2, 0.25) is 5.89 Å². The number of carbonyl (C=O) groups excluding carboxylic acids is 3. The van der Waals surface area contributed by atoms with Crippen LogP contribution < -0.4 is 10.6 Å². The third-order valence-electron chi connectivity index (χ3n) is 5.06. The molecule has 0 radical (unpaired) electrons. The van der Waals surface area contributed by atoms with E-state index in [1.807, 2.05) is 0 Å². The molecule has 0 aliphatic rings. The van der Waals surface area contributed by atoms with Gasteiger partial charge in [0.15, 0.2) is 5.76 Å². The number of nitrogens with zero attached hydrogens (tertiary/aromatic N) is 1. The molecule has 2 amide bonds. The Morgan fingerprint density at radius 3 is 2.37 bits per heavy atom. The molecule has 9 heteroatoms. The van der Waals surface area contributed by atoms with Crippen LogP contribution in [0, 0.1) is 5.82 Å². The highest BCUT2D eigenvalue weighted by molar-refractivity contribution is 6.08. The van der Waals surface area contributed by atoms with Crippen LogP contribution in [0.5, 0.6) is 0 Å². The number of hydrogen-bond donors (Lipinski definition) is 2. The molecule has 0 spiro atoms. The van der Waals surface area contributed by atoms with Gasteiger partial charge in [-0.05, 0) is 60.7 Å². The Bertz CT molecular complexity index is 1360. The number of methoxy groups -OCH3 is 1. The van der Waals surface area contributed by atoms with Gasteiger partial charge in [0.25, 0.3) is 11.8 Å². The summed E-state index contributed by atoms with van der Waals surface area (Å²) in [5.74, 6) is -1.07. The molecule has 0 saturated carbocycles. The van der Waals surface area contributed by atoms with Crippen LogP contribution in [0.3, 0.4) is 0 Å². The number of nitrogens with one attached hydrogen (secondary N) is 2. The number of aromatic nitrogens is 1. The van der Waals surface area contributed by atoms with E-state index in [9.17, 15) is 18.8 Å². The minimum Gasteiger partial charge on any atom is -0.468 e. The van der Waals surface area contributed by atoms with E-state index in [0.717, 1.165) is 0 Å². The highest BCUT2D eigenvalue weighted by Crippen LogP contribution is 2.29. The Labute approximate surface area is 199 Å². The Balaban J connectivity index is 1.48. The molecule has 1 heterocycles. The van der Waals surface area contributed by atoms with Crippen molar-refractivity contribution in [3.8, 4) is 22.8 Å². The zero-order chi connectivity index (χ0) is 24.8. The van der Waals surface area contributed by atoms with Crippen LogP contribution in [-0.2, 0) is 9.53 Å². The molecular weight excluding hydrogens is 453 g/mol. The third kappa shape index (κ3) is 5.59. The van der Waals surface area contributed by atoms with Gasteiger partial charge in [-0.15, -0.1) is 0 Å². The SMILES string of the molecule is COC(=O)CNC(=O)c1ccc(NC(=O)c2ccccc2-c2ncc(-c3ccc(F)cc3)o2)cc1. The number of benzene rings is 3. The predicted octanol–water partition coefficient (Wildman–Crippen LogP) is 4.30. The fraction of sp³-hybridized carbons (Fsp3) is 0.0769. The lowest BCUT2D eigenvalue weighted by molar-refractivity contribution is -0.139. The first-order valence-electron chi connectivity index (χ1n) is 10.5. The molecule has 4 rings (SSSR count). The maximum absolute atomic E-state index is 13.2. The molecule has 0 atom stereocenters. The Morgan fingerprint density at radius 2 is 1.66 bits per heavy atom. The van der Waals surface area contributed by atoms with E-state index >= 15 is 0 Å². The van der Waals surface area contributed by atoms with Gasteiger partial charge in [-0.2, -0.15) is 0 Å². The lowest BCUT2D eigenvalue weighted by Crippen LogP contribution is -2.30. The van der Waals surface area contributed by atoms with E-state index in [1.54, 1.807) is 48.5 Å². The van der Waals surface area contributed by atoms with Crippen LogP contribution in [0.15, 0.2) is 83.4 Å². The molecule has 2 N–H and O–H groups in total. The molecule has 8 nitrogen and oxygen atoms in total. The van der Waals surface area contributed by atoms with Gasteiger partial charge in [0.1, 0.15) is 12.4 Å². The van der Waals surface area contributed by atoms with Crippen LogP contribution in [0.2, 0.25) is 0 Å². The molecular formula is C26H20FN3O5. The number of hydrogen-bond acceptors (Lipinski definition) is 6. The fourth-order valence-electron chi connectivity index (χ4n) is 3.24. The standard InChI is InChI=1S/C26H20FN3O5/c1-34-23(31)15-28-24(32)17-8-12-19(13-9-17)30-25(33)20-4-2-3-5-21(20)26-29-14-22(35-26)16-6-10-18(27)11-7-16/h2-14H,15H2,1H3,(H,28,32)(H,30,33). The number of carbonyl (C=O) groups is 3. The van der Waals surface area contributed by atoms with Crippen molar-refractivity contribution in [3.63, 3.8) is 0 Å². The van der Waals surface area contributed by atoms with E-state index in [1.165, 1.54) is 37.6 Å². The second-order valence-electron chi connectivity index (χ2n) is 7.37. The minimum atomic E-state index is -0.559. The third-order valence-corrected chi connectivity index (χ3v) is 5.06. The van der Waals surface area contributed by atoms with Crippen LogP contribution in [0.4, 0.5) is 10.1 Å². The molecule has 0 aliphatic carbocycles. The molecule has 0 saturated heterocycles. The first-order chi connectivity index (χ1) is 16.9. The number of anilines is 1. The normalized spacial score (nSPS) is 10.5. The lowest BCUT2D eigenvalue weighted by Gasteiger charge is -2.09. The van der Waals surface area contributed by atoms with Crippen molar-refractivity contribution in [2.45, 2.75) is 0 Å². The van der Waals surface area contributed by atoms with E-state index in [0.29, 0.717) is 33.7 Å². The summed E-state index contributed by atoms with van der Waals surface area (Å²) in [6.07, 6.45) is 1.52. The van der Waals surface area contributed by atoms with Crippen molar-refractivity contribution in [1.29, 1.82) is 0 Å². The largest absolute Gasteiger partial charge is 0.468 e.